The predicted octanol–water partition coefficient (Wildman–Crippen LogP) is 2.71. The van der Waals surface area contributed by atoms with Crippen molar-refractivity contribution < 1.29 is 13.2 Å². The first-order valence-corrected chi connectivity index (χ1v) is 9.53. The van der Waals surface area contributed by atoms with Crippen LogP contribution in [0.2, 0.25) is 0 Å². The smallest absolute Gasteiger partial charge is 0.240 e. The minimum absolute atomic E-state index is 0.329. The van der Waals surface area contributed by atoms with Gasteiger partial charge in [-0.25, -0.2) is 13.1 Å². The van der Waals surface area contributed by atoms with E-state index in [1.165, 1.54) is 0 Å². The number of nitrogens with zero attached hydrogens (tertiary/aromatic N) is 1. The summed E-state index contributed by atoms with van der Waals surface area (Å²) in [5, 5.41) is 0. The molecule has 0 aromatic heterocycles. The quantitative estimate of drug-likeness (QED) is 0.701. The molecule has 0 bridgehead atoms. The van der Waals surface area contributed by atoms with E-state index in [2.05, 4.69) is 30.5 Å². The molecule has 0 amide bonds. The van der Waals surface area contributed by atoms with E-state index in [1.54, 1.807) is 19.2 Å². The highest BCUT2D eigenvalue weighted by Crippen LogP contribution is 2.26. The Morgan fingerprint density at radius 2 is 1.83 bits per heavy atom. The van der Waals surface area contributed by atoms with Gasteiger partial charge in [0.05, 0.1) is 12.0 Å². The second kappa shape index (κ2) is 8.66. The van der Waals surface area contributed by atoms with Gasteiger partial charge in [-0.15, -0.1) is 0 Å². The van der Waals surface area contributed by atoms with Crippen molar-refractivity contribution in [2.24, 2.45) is 0 Å². The highest BCUT2D eigenvalue weighted by molar-refractivity contribution is 7.89. The predicted molar refractivity (Wildman–Crippen MR) is 94.7 cm³/mol. The first-order chi connectivity index (χ1) is 10.7. The van der Waals surface area contributed by atoms with Crippen LogP contribution in [0.3, 0.4) is 0 Å². The van der Waals surface area contributed by atoms with Crippen molar-refractivity contribution in [1.82, 2.24) is 9.62 Å². The van der Waals surface area contributed by atoms with E-state index in [0.29, 0.717) is 23.2 Å². The Morgan fingerprint density at radius 3 is 2.39 bits per heavy atom. The molecule has 0 atom stereocenters. The van der Waals surface area contributed by atoms with Gasteiger partial charge in [0, 0.05) is 12.6 Å². The lowest BCUT2D eigenvalue weighted by atomic mass is 10.1. The standard InChI is InChI=1S/C17H30N2O3S/c1-13(2)19(5)12-8-7-11-18-23(20,21)17-10-9-16(22-6)14(3)15(17)4/h9-10,13,18H,7-8,11-12H2,1-6H3. The zero-order chi connectivity index (χ0) is 17.6. The van der Waals surface area contributed by atoms with Gasteiger partial charge >= 0.3 is 0 Å². The van der Waals surface area contributed by atoms with Gasteiger partial charge in [0.2, 0.25) is 10.0 Å². The summed E-state index contributed by atoms with van der Waals surface area (Å²) in [5.74, 6) is 0.707. The molecule has 0 spiro atoms. The lowest BCUT2D eigenvalue weighted by molar-refractivity contribution is 0.268. The largest absolute Gasteiger partial charge is 0.496 e. The molecular formula is C17H30N2O3S. The summed E-state index contributed by atoms with van der Waals surface area (Å²) < 4.78 is 32.8. The molecule has 1 N–H and O–H groups in total. The molecule has 23 heavy (non-hydrogen) atoms. The zero-order valence-corrected chi connectivity index (χ0v) is 16.0. The third-order valence-corrected chi connectivity index (χ3v) is 5.91. The highest BCUT2D eigenvalue weighted by Gasteiger charge is 2.18. The van der Waals surface area contributed by atoms with Crippen LogP contribution >= 0.6 is 0 Å². The fraction of sp³-hybridized carbons (Fsp3) is 0.647. The third kappa shape index (κ3) is 5.48. The van der Waals surface area contributed by atoms with Crippen LogP contribution in [0.25, 0.3) is 0 Å². The normalized spacial score (nSPS) is 12.2. The molecule has 0 aliphatic rings. The molecule has 0 saturated carbocycles. The molecule has 6 heteroatoms. The van der Waals surface area contributed by atoms with E-state index in [-0.39, 0.29) is 0 Å². The summed E-state index contributed by atoms with van der Waals surface area (Å²) in [7, 11) is 0.193. The van der Waals surface area contributed by atoms with Crippen molar-refractivity contribution in [1.29, 1.82) is 0 Å². The molecule has 0 aliphatic heterocycles. The number of ether oxygens (including phenoxy) is 1. The van der Waals surface area contributed by atoms with Crippen molar-refractivity contribution in [3.05, 3.63) is 23.3 Å². The van der Waals surface area contributed by atoms with Gasteiger partial charge in [0.1, 0.15) is 5.75 Å². The number of hydrogen-bond acceptors (Lipinski definition) is 4. The Morgan fingerprint density at radius 1 is 1.17 bits per heavy atom. The topological polar surface area (TPSA) is 58.6 Å². The molecule has 0 radical (unpaired) electrons. The SMILES string of the molecule is COc1ccc(S(=O)(=O)NCCCCN(C)C(C)C)c(C)c1C. The Labute approximate surface area is 141 Å². The monoisotopic (exact) mass is 342 g/mol. The molecule has 0 aliphatic carbocycles. The summed E-state index contributed by atoms with van der Waals surface area (Å²) in [6.07, 6.45) is 1.79. The van der Waals surface area contributed by atoms with Gasteiger partial charge in [0.15, 0.2) is 0 Å². The molecule has 5 nitrogen and oxygen atoms in total. The van der Waals surface area contributed by atoms with Crippen LogP contribution in [0.1, 0.15) is 37.8 Å². The Balaban J connectivity index is 2.62. The van der Waals surface area contributed by atoms with Crippen LogP contribution < -0.4 is 9.46 Å². The summed E-state index contributed by atoms with van der Waals surface area (Å²) in [6.45, 7) is 9.41. The van der Waals surface area contributed by atoms with Crippen LogP contribution in [-0.4, -0.2) is 46.6 Å². The maximum absolute atomic E-state index is 12.4. The van der Waals surface area contributed by atoms with Crippen LogP contribution in [0.4, 0.5) is 0 Å². The Kier molecular flexibility index (Phi) is 7.51. The van der Waals surface area contributed by atoms with Gasteiger partial charge in [-0.05, 0) is 77.4 Å². The minimum atomic E-state index is -3.47. The molecule has 0 unspecified atom stereocenters. The number of nitrogens with one attached hydrogen (secondary N) is 1. The van der Waals surface area contributed by atoms with Crippen LogP contribution in [-0.2, 0) is 10.0 Å². The third-order valence-electron chi connectivity index (χ3n) is 4.31. The van der Waals surface area contributed by atoms with E-state index in [9.17, 15) is 8.42 Å². The highest BCUT2D eigenvalue weighted by atomic mass is 32.2. The molecular weight excluding hydrogens is 312 g/mol. The molecule has 0 fully saturated rings. The average molecular weight is 343 g/mol. The Bertz CT molecular complexity index is 613. The Hall–Kier alpha value is -1.11. The number of hydrogen-bond donors (Lipinski definition) is 1. The van der Waals surface area contributed by atoms with E-state index in [1.807, 2.05) is 13.8 Å². The first-order valence-electron chi connectivity index (χ1n) is 8.04. The van der Waals surface area contributed by atoms with Gasteiger partial charge in [-0.3, -0.25) is 0 Å². The number of rotatable bonds is 9. The van der Waals surface area contributed by atoms with Crippen molar-refractivity contribution in [3.63, 3.8) is 0 Å². The van der Waals surface area contributed by atoms with Crippen molar-refractivity contribution in [3.8, 4) is 5.75 Å². The van der Waals surface area contributed by atoms with Crippen molar-refractivity contribution >= 4 is 10.0 Å². The number of methoxy groups -OCH3 is 1. The van der Waals surface area contributed by atoms with Gasteiger partial charge in [-0.2, -0.15) is 0 Å². The van der Waals surface area contributed by atoms with Crippen LogP contribution in [0.15, 0.2) is 17.0 Å². The minimum Gasteiger partial charge on any atom is -0.496 e. The fourth-order valence-electron chi connectivity index (χ4n) is 2.31. The number of unbranched alkanes of at least 4 members (excludes halogenated alkanes) is 1. The molecule has 0 heterocycles. The van der Waals surface area contributed by atoms with E-state index < -0.39 is 10.0 Å². The summed E-state index contributed by atoms with van der Waals surface area (Å²) >= 11 is 0. The maximum Gasteiger partial charge on any atom is 0.240 e. The fourth-order valence-corrected chi connectivity index (χ4v) is 3.68. The lowest BCUT2D eigenvalue weighted by Crippen LogP contribution is -2.29. The van der Waals surface area contributed by atoms with Crippen molar-refractivity contribution in [2.45, 2.75) is 51.5 Å². The first kappa shape index (κ1) is 19.9. The average Bonchev–Trinajstić information content (AvgIpc) is 2.48. The van der Waals surface area contributed by atoms with Crippen LogP contribution in [0, 0.1) is 13.8 Å². The summed E-state index contributed by atoms with van der Waals surface area (Å²) in [5.41, 5.74) is 1.59. The van der Waals surface area contributed by atoms with Gasteiger partial charge < -0.3 is 9.64 Å². The van der Waals surface area contributed by atoms with Crippen LogP contribution in [0.5, 0.6) is 5.75 Å². The molecule has 1 aromatic carbocycles. The summed E-state index contributed by atoms with van der Waals surface area (Å²) in [6, 6.07) is 3.82. The van der Waals surface area contributed by atoms with Gasteiger partial charge in [-0.1, -0.05) is 0 Å². The second-order valence-corrected chi connectivity index (χ2v) is 7.93. The zero-order valence-electron chi connectivity index (χ0n) is 15.1. The van der Waals surface area contributed by atoms with E-state index in [4.69, 9.17) is 4.74 Å². The molecule has 1 rings (SSSR count). The van der Waals surface area contributed by atoms with E-state index >= 15 is 0 Å². The summed E-state index contributed by atoms with van der Waals surface area (Å²) in [4.78, 5) is 2.58. The molecule has 132 valence electrons. The molecule has 0 saturated heterocycles. The number of benzene rings is 1. The van der Waals surface area contributed by atoms with E-state index in [0.717, 1.165) is 30.5 Å². The lowest BCUT2D eigenvalue weighted by Gasteiger charge is -2.20. The maximum atomic E-state index is 12.4. The second-order valence-electron chi connectivity index (χ2n) is 6.20. The molecule has 1 aromatic rings. The van der Waals surface area contributed by atoms with Gasteiger partial charge in [0.25, 0.3) is 0 Å². The van der Waals surface area contributed by atoms with Crippen molar-refractivity contribution in [2.75, 3.05) is 27.2 Å². The number of sulfonamides is 1.